The maximum atomic E-state index is 6.08. The highest BCUT2D eigenvalue weighted by atomic mass is 16.5. The van der Waals surface area contributed by atoms with Crippen molar-refractivity contribution in [3.8, 4) is 0 Å². The van der Waals surface area contributed by atoms with E-state index in [1.807, 2.05) is 7.05 Å². The van der Waals surface area contributed by atoms with Crippen molar-refractivity contribution in [1.29, 1.82) is 0 Å². The van der Waals surface area contributed by atoms with Crippen molar-refractivity contribution in [2.24, 2.45) is 10.9 Å². The summed E-state index contributed by atoms with van der Waals surface area (Å²) in [5.41, 5.74) is 0. The van der Waals surface area contributed by atoms with Crippen LogP contribution in [-0.2, 0) is 9.47 Å². The van der Waals surface area contributed by atoms with Crippen LogP contribution in [-0.4, -0.2) is 63.0 Å². The molecule has 23 heavy (non-hydrogen) atoms. The molecule has 2 fully saturated rings. The Labute approximate surface area is 141 Å². The van der Waals surface area contributed by atoms with Crippen molar-refractivity contribution < 1.29 is 9.47 Å². The van der Waals surface area contributed by atoms with Crippen LogP contribution in [0.25, 0.3) is 0 Å². The van der Waals surface area contributed by atoms with Gasteiger partial charge in [-0.3, -0.25) is 4.99 Å². The first-order chi connectivity index (χ1) is 11.2. The van der Waals surface area contributed by atoms with Gasteiger partial charge in [-0.1, -0.05) is 13.8 Å². The lowest BCUT2D eigenvalue weighted by Crippen LogP contribution is -2.47. The van der Waals surface area contributed by atoms with Gasteiger partial charge < -0.3 is 19.7 Å². The van der Waals surface area contributed by atoms with Crippen molar-refractivity contribution in [3.05, 3.63) is 0 Å². The van der Waals surface area contributed by atoms with Gasteiger partial charge in [0.1, 0.15) is 0 Å². The van der Waals surface area contributed by atoms with Gasteiger partial charge >= 0.3 is 0 Å². The highest BCUT2D eigenvalue weighted by Crippen LogP contribution is 2.17. The molecule has 2 saturated heterocycles. The van der Waals surface area contributed by atoms with Crippen molar-refractivity contribution in [2.75, 3.05) is 39.9 Å². The first-order valence-corrected chi connectivity index (χ1v) is 9.38. The number of hydrogen-bond acceptors (Lipinski definition) is 3. The number of likely N-dealkylation sites (tertiary alicyclic amines) is 1. The second-order valence-corrected chi connectivity index (χ2v) is 7.16. The average molecular weight is 325 g/mol. The number of piperidine rings is 1. The fourth-order valence-corrected chi connectivity index (χ4v) is 3.22. The minimum atomic E-state index is 0.326. The molecule has 0 aliphatic carbocycles. The average Bonchev–Trinajstić information content (AvgIpc) is 2.58. The molecular formula is C18H35N3O2. The fourth-order valence-electron chi connectivity index (χ4n) is 3.22. The Hall–Kier alpha value is -0.810. The SMILES string of the molecule is CN=C(NCCC(C)C)N1CCC(OCC2CCCCO2)CC1. The molecule has 2 heterocycles. The van der Waals surface area contributed by atoms with Crippen LogP contribution in [0.1, 0.15) is 52.4 Å². The van der Waals surface area contributed by atoms with Gasteiger partial charge in [-0.05, 0) is 44.4 Å². The Morgan fingerprint density at radius 2 is 2.04 bits per heavy atom. The molecule has 1 unspecified atom stereocenters. The minimum Gasteiger partial charge on any atom is -0.376 e. The van der Waals surface area contributed by atoms with Gasteiger partial charge in [0.25, 0.3) is 0 Å². The molecule has 2 aliphatic rings. The van der Waals surface area contributed by atoms with Gasteiger partial charge in [0.2, 0.25) is 0 Å². The van der Waals surface area contributed by atoms with Crippen LogP contribution < -0.4 is 5.32 Å². The van der Waals surface area contributed by atoms with E-state index < -0.39 is 0 Å². The van der Waals surface area contributed by atoms with E-state index in [-0.39, 0.29) is 0 Å². The molecule has 2 rings (SSSR count). The number of guanidine groups is 1. The van der Waals surface area contributed by atoms with Crippen LogP contribution in [0.2, 0.25) is 0 Å². The largest absolute Gasteiger partial charge is 0.376 e. The van der Waals surface area contributed by atoms with E-state index in [9.17, 15) is 0 Å². The topological polar surface area (TPSA) is 46.1 Å². The molecule has 0 radical (unpaired) electrons. The normalized spacial score (nSPS) is 24.3. The molecule has 0 saturated carbocycles. The third kappa shape index (κ3) is 6.68. The van der Waals surface area contributed by atoms with Crippen molar-refractivity contribution >= 4 is 5.96 Å². The van der Waals surface area contributed by atoms with Crippen molar-refractivity contribution in [2.45, 2.75) is 64.6 Å². The summed E-state index contributed by atoms with van der Waals surface area (Å²) in [7, 11) is 1.88. The standard InChI is InChI=1S/C18H35N3O2/c1-15(2)7-10-20-18(19-3)21-11-8-16(9-12-21)23-14-17-6-4-5-13-22-17/h15-17H,4-14H2,1-3H3,(H,19,20). The molecule has 0 aromatic rings. The van der Waals surface area contributed by atoms with Crippen LogP contribution >= 0.6 is 0 Å². The Kier molecular flexibility index (Phi) is 8.17. The number of nitrogens with zero attached hydrogens (tertiary/aromatic N) is 2. The molecule has 1 N–H and O–H groups in total. The Morgan fingerprint density at radius 1 is 1.26 bits per heavy atom. The second-order valence-electron chi connectivity index (χ2n) is 7.16. The molecule has 0 bridgehead atoms. The molecule has 2 aliphatic heterocycles. The molecule has 0 aromatic heterocycles. The summed E-state index contributed by atoms with van der Waals surface area (Å²) >= 11 is 0. The second kappa shape index (κ2) is 10.1. The summed E-state index contributed by atoms with van der Waals surface area (Å²) in [5.74, 6) is 1.77. The molecule has 0 spiro atoms. The zero-order valence-corrected chi connectivity index (χ0v) is 15.2. The van der Waals surface area contributed by atoms with Gasteiger partial charge in [0, 0.05) is 33.3 Å². The number of nitrogens with one attached hydrogen (secondary N) is 1. The fraction of sp³-hybridized carbons (Fsp3) is 0.944. The van der Waals surface area contributed by atoms with Gasteiger partial charge in [0.15, 0.2) is 5.96 Å². The maximum Gasteiger partial charge on any atom is 0.193 e. The van der Waals surface area contributed by atoms with Gasteiger partial charge in [-0.15, -0.1) is 0 Å². The van der Waals surface area contributed by atoms with E-state index in [2.05, 4.69) is 29.1 Å². The molecule has 5 nitrogen and oxygen atoms in total. The lowest BCUT2D eigenvalue weighted by Gasteiger charge is -2.35. The zero-order valence-electron chi connectivity index (χ0n) is 15.2. The molecule has 1 atom stereocenters. The lowest BCUT2D eigenvalue weighted by atomic mass is 10.1. The number of ether oxygens (including phenoxy) is 2. The van der Waals surface area contributed by atoms with Crippen LogP contribution in [0, 0.1) is 5.92 Å². The molecule has 5 heteroatoms. The van der Waals surface area contributed by atoms with E-state index in [0.29, 0.717) is 12.2 Å². The summed E-state index contributed by atoms with van der Waals surface area (Å²) in [4.78, 5) is 6.78. The Morgan fingerprint density at radius 3 is 2.65 bits per heavy atom. The molecular weight excluding hydrogens is 290 g/mol. The summed E-state index contributed by atoms with van der Waals surface area (Å²) in [6.07, 6.45) is 7.70. The van der Waals surface area contributed by atoms with E-state index in [1.54, 1.807) is 0 Å². The third-order valence-corrected chi connectivity index (χ3v) is 4.75. The summed E-state index contributed by atoms with van der Waals surface area (Å²) in [6.45, 7) is 9.23. The van der Waals surface area contributed by atoms with Crippen LogP contribution in [0.3, 0.4) is 0 Å². The van der Waals surface area contributed by atoms with Crippen molar-refractivity contribution in [1.82, 2.24) is 10.2 Å². The summed E-state index contributed by atoms with van der Waals surface area (Å²) < 4.78 is 11.8. The van der Waals surface area contributed by atoms with Gasteiger partial charge in [-0.25, -0.2) is 0 Å². The number of rotatable bonds is 6. The monoisotopic (exact) mass is 325 g/mol. The molecule has 0 aromatic carbocycles. The quantitative estimate of drug-likeness (QED) is 0.602. The van der Waals surface area contributed by atoms with E-state index in [4.69, 9.17) is 9.47 Å². The predicted octanol–water partition coefficient (Wildman–Crippen LogP) is 2.66. The Balaban J connectivity index is 1.63. The first-order valence-electron chi connectivity index (χ1n) is 9.38. The van der Waals surface area contributed by atoms with Crippen LogP contribution in [0.15, 0.2) is 4.99 Å². The highest BCUT2D eigenvalue weighted by Gasteiger charge is 2.23. The molecule has 134 valence electrons. The zero-order chi connectivity index (χ0) is 16.5. The van der Waals surface area contributed by atoms with Crippen LogP contribution in [0.5, 0.6) is 0 Å². The van der Waals surface area contributed by atoms with Gasteiger partial charge in [-0.2, -0.15) is 0 Å². The van der Waals surface area contributed by atoms with Crippen LogP contribution in [0.4, 0.5) is 0 Å². The Bertz CT molecular complexity index is 346. The lowest BCUT2D eigenvalue weighted by molar-refractivity contribution is -0.0721. The summed E-state index contributed by atoms with van der Waals surface area (Å²) in [6, 6.07) is 0. The summed E-state index contributed by atoms with van der Waals surface area (Å²) in [5, 5.41) is 3.48. The number of aliphatic imine (C=N–C) groups is 1. The third-order valence-electron chi connectivity index (χ3n) is 4.75. The highest BCUT2D eigenvalue weighted by molar-refractivity contribution is 5.79. The minimum absolute atomic E-state index is 0.326. The van der Waals surface area contributed by atoms with E-state index >= 15 is 0 Å². The van der Waals surface area contributed by atoms with E-state index in [0.717, 1.165) is 64.0 Å². The van der Waals surface area contributed by atoms with Crippen molar-refractivity contribution in [3.63, 3.8) is 0 Å². The first kappa shape index (κ1) is 18.5. The van der Waals surface area contributed by atoms with Gasteiger partial charge in [0.05, 0.1) is 18.8 Å². The van der Waals surface area contributed by atoms with E-state index in [1.165, 1.54) is 19.3 Å². The molecule has 0 amide bonds. The predicted molar refractivity (Wildman–Crippen MR) is 95.0 cm³/mol. The maximum absolute atomic E-state index is 6.08. The smallest absolute Gasteiger partial charge is 0.193 e. The number of hydrogen-bond donors (Lipinski definition) is 1.